The van der Waals surface area contributed by atoms with Gasteiger partial charge in [-0.1, -0.05) is 12.1 Å². The lowest BCUT2D eigenvalue weighted by Crippen LogP contribution is -2.24. The summed E-state index contributed by atoms with van der Waals surface area (Å²) in [6.07, 6.45) is 2.24. The van der Waals surface area contributed by atoms with Crippen LogP contribution < -0.4 is 10.6 Å². The monoisotopic (exact) mass is 311 g/mol. The number of fused-ring (bicyclic) bond motifs is 1. The van der Waals surface area contributed by atoms with Crippen molar-refractivity contribution in [1.29, 1.82) is 0 Å². The summed E-state index contributed by atoms with van der Waals surface area (Å²) in [5, 5.41) is 1.16. The number of aryl methyl sites for hydroxylation is 1. The number of rotatable bonds is 2. The lowest BCUT2D eigenvalue weighted by molar-refractivity contribution is 0.706. The van der Waals surface area contributed by atoms with Gasteiger partial charge < -0.3 is 10.6 Å². The zero-order valence-corrected chi connectivity index (χ0v) is 13.2. The van der Waals surface area contributed by atoms with Gasteiger partial charge in [-0.3, -0.25) is 0 Å². The number of hydrogen-bond acceptors (Lipinski definition) is 6. The number of para-hydroxylation sites is 1. The van der Waals surface area contributed by atoms with Crippen LogP contribution in [0.25, 0.3) is 10.2 Å². The molecule has 3 heterocycles. The van der Waals surface area contributed by atoms with Crippen molar-refractivity contribution in [2.45, 2.75) is 25.8 Å². The summed E-state index contributed by atoms with van der Waals surface area (Å²) >= 11 is 1.77. The first-order chi connectivity index (χ1) is 10.7. The van der Waals surface area contributed by atoms with Crippen molar-refractivity contribution in [3.05, 3.63) is 41.0 Å². The molecule has 1 atom stereocenters. The summed E-state index contributed by atoms with van der Waals surface area (Å²) in [4.78, 5) is 15.7. The molecule has 22 heavy (non-hydrogen) atoms. The first kappa shape index (κ1) is 13.5. The van der Waals surface area contributed by atoms with Crippen molar-refractivity contribution in [2.75, 3.05) is 17.2 Å². The molecule has 0 amide bonds. The number of nitrogens with two attached hydrogens (primary N) is 1. The minimum atomic E-state index is 0.283. The van der Waals surface area contributed by atoms with Crippen LogP contribution in [0.1, 0.15) is 29.6 Å². The maximum atomic E-state index is 5.81. The van der Waals surface area contributed by atoms with Gasteiger partial charge in [0.2, 0.25) is 5.95 Å². The Morgan fingerprint density at radius 1 is 1.23 bits per heavy atom. The van der Waals surface area contributed by atoms with Crippen molar-refractivity contribution in [3.63, 3.8) is 0 Å². The second kappa shape index (κ2) is 5.21. The summed E-state index contributed by atoms with van der Waals surface area (Å²) < 4.78 is 1.24. The van der Waals surface area contributed by atoms with E-state index < -0.39 is 0 Å². The first-order valence-electron chi connectivity index (χ1n) is 7.44. The Hall–Kier alpha value is -2.21. The van der Waals surface area contributed by atoms with Crippen molar-refractivity contribution in [2.24, 2.45) is 0 Å². The van der Waals surface area contributed by atoms with Gasteiger partial charge in [-0.05, 0) is 31.9 Å². The molecule has 0 aliphatic carbocycles. The average Bonchev–Trinajstić information content (AvgIpc) is 3.12. The number of thiazole rings is 1. The SMILES string of the molecule is Cc1cc(N2CCCC2c2nc3ccccc3s2)nc(N)n1. The third kappa shape index (κ3) is 2.29. The van der Waals surface area contributed by atoms with Gasteiger partial charge in [-0.2, -0.15) is 4.98 Å². The fourth-order valence-electron chi connectivity index (χ4n) is 3.05. The third-order valence-corrected chi connectivity index (χ3v) is 5.14. The fraction of sp³-hybridized carbons (Fsp3) is 0.312. The highest BCUT2D eigenvalue weighted by Crippen LogP contribution is 2.38. The third-order valence-electron chi connectivity index (χ3n) is 4.00. The van der Waals surface area contributed by atoms with E-state index in [0.717, 1.165) is 41.4 Å². The molecule has 1 aliphatic heterocycles. The normalized spacial score (nSPS) is 18.2. The predicted molar refractivity (Wildman–Crippen MR) is 90.1 cm³/mol. The van der Waals surface area contributed by atoms with Crippen LogP contribution in [-0.4, -0.2) is 21.5 Å². The number of aromatic nitrogens is 3. The largest absolute Gasteiger partial charge is 0.368 e. The van der Waals surface area contributed by atoms with Crippen LogP contribution >= 0.6 is 11.3 Å². The van der Waals surface area contributed by atoms with Crippen molar-refractivity contribution >= 4 is 33.3 Å². The average molecular weight is 311 g/mol. The molecule has 1 unspecified atom stereocenters. The molecule has 1 aliphatic rings. The molecule has 0 spiro atoms. The van der Waals surface area contributed by atoms with E-state index in [0.29, 0.717) is 5.95 Å². The van der Waals surface area contributed by atoms with Crippen molar-refractivity contribution in [3.8, 4) is 0 Å². The van der Waals surface area contributed by atoms with Gasteiger partial charge in [0.1, 0.15) is 10.8 Å². The van der Waals surface area contributed by atoms with Crippen LogP contribution in [0.2, 0.25) is 0 Å². The molecule has 0 radical (unpaired) electrons. The minimum Gasteiger partial charge on any atom is -0.368 e. The molecular weight excluding hydrogens is 294 g/mol. The molecule has 112 valence electrons. The zero-order chi connectivity index (χ0) is 15.1. The van der Waals surface area contributed by atoms with Crippen LogP contribution in [0, 0.1) is 6.92 Å². The maximum Gasteiger partial charge on any atom is 0.222 e. The molecule has 1 saturated heterocycles. The van der Waals surface area contributed by atoms with Crippen LogP contribution in [0.4, 0.5) is 11.8 Å². The molecule has 0 bridgehead atoms. The molecule has 1 aromatic carbocycles. The van der Waals surface area contributed by atoms with Gasteiger partial charge in [0, 0.05) is 18.3 Å². The Bertz CT molecular complexity index is 775. The molecule has 4 rings (SSSR count). The van der Waals surface area contributed by atoms with Gasteiger partial charge in [-0.25, -0.2) is 9.97 Å². The number of benzene rings is 1. The zero-order valence-electron chi connectivity index (χ0n) is 12.4. The second-order valence-corrected chi connectivity index (χ2v) is 6.66. The summed E-state index contributed by atoms with van der Waals surface area (Å²) in [6, 6.07) is 10.6. The van der Waals surface area contributed by atoms with Crippen LogP contribution in [0.3, 0.4) is 0 Å². The topological polar surface area (TPSA) is 67.9 Å². The van der Waals surface area contributed by atoms with Gasteiger partial charge in [0.05, 0.1) is 16.3 Å². The van der Waals surface area contributed by atoms with Crippen LogP contribution in [0.5, 0.6) is 0 Å². The Morgan fingerprint density at radius 3 is 2.91 bits per heavy atom. The van der Waals surface area contributed by atoms with E-state index in [1.54, 1.807) is 11.3 Å². The molecule has 2 N–H and O–H groups in total. The van der Waals surface area contributed by atoms with Crippen molar-refractivity contribution in [1.82, 2.24) is 15.0 Å². The van der Waals surface area contributed by atoms with E-state index in [4.69, 9.17) is 10.7 Å². The lowest BCUT2D eigenvalue weighted by Gasteiger charge is -2.24. The van der Waals surface area contributed by atoms with Gasteiger partial charge in [0.25, 0.3) is 0 Å². The highest BCUT2D eigenvalue weighted by atomic mass is 32.1. The Labute approximate surface area is 132 Å². The molecule has 5 nitrogen and oxygen atoms in total. The van der Waals surface area contributed by atoms with E-state index in [1.807, 2.05) is 19.1 Å². The van der Waals surface area contributed by atoms with E-state index in [1.165, 1.54) is 4.70 Å². The molecule has 0 saturated carbocycles. The van der Waals surface area contributed by atoms with Crippen LogP contribution in [0.15, 0.2) is 30.3 Å². The highest BCUT2D eigenvalue weighted by molar-refractivity contribution is 7.18. The van der Waals surface area contributed by atoms with Gasteiger partial charge in [-0.15, -0.1) is 11.3 Å². The Balaban J connectivity index is 1.74. The molecule has 2 aromatic heterocycles. The minimum absolute atomic E-state index is 0.283. The number of hydrogen-bond donors (Lipinski definition) is 1. The highest BCUT2D eigenvalue weighted by Gasteiger charge is 2.30. The van der Waals surface area contributed by atoms with E-state index in [-0.39, 0.29) is 6.04 Å². The summed E-state index contributed by atoms with van der Waals surface area (Å²) in [5.41, 5.74) is 7.79. The Kier molecular flexibility index (Phi) is 3.18. The summed E-state index contributed by atoms with van der Waals surface area (Å²) in [6.45, 7) is 2.93. The molecule has 3 aromatic rings. The molecule has 6 heteroatoms. The van der Waals surface area contributed by atoms with E-state index >= 15 is 0 Å². The van der Waals surface area contributed by atoms with E-state index in [9.17, 15) is 0 Å². The lowest BCUT2D eigenvalue weighted by atomic mass is 10.2. The summed E-state index contributed by atoms with van der Waals surface area (Å²) in [5.74, 6) is 1.25. The number of anilines is 2. The van der Waals surface area contributed by atoms with Gasteiger partial charge in [0.15, 0.2) is 0 Å². The van der Waals surface area contributed by atoms with Gasteiger partial charge >= 0.3 is 0 Å². The fourth-order valence-corrected chi connectivity index (χ4v) is 4.17. The van der Waals surface area contributed by atoms with Crippen LogP contribution in [-0.2, 0) is 0 Å². The standard InChI is InChI=1S/C16H17N5S/c1-10-9-14(20-16(17)18-10)21-8-4-6-12(21)15-19-11-5-2-3-7-13(11)22-15/h2-3,5,7,9,12H,4,6,8H2,1H3,(H2,17,18,20). The first-order valence-corrected chi connectivity index (χ1v) is 8.25. The maximum absolute atomic E-state index is 5.81. The quantitative estimate of drug-likeness (QED) is 0.786. The molecule has 1 fully saturated rings. The smallest absolute Gasteiger partial charge is 0.222 e. The number of nitrogens with zero attached hydrogens (tertiary/aromatic N) is 4. The molecular formula is C16H17N5S. The van der Waals surface area contributed by atoms with Crippen molar-refractivity contribution < 1.29 is 0 Å². The Morgan fingerprint density at radius 2 is 2.09 bits per heavy atom. The van der Waals surface area contributed by atoms with E-state index in [2.05, 4.69) is 33.1 Å². The predicted octanol–water partition coefficient (Wildman–Crippen LogP) is 3.32. The summed E-state index contributed by atoms with van der Waals surface area (Å²) in [7, 11) is 0. The second-order valence-electron chi connectivity index (χ2n) is 5.60. The number of nitrogen functional groups attached to an aromatic ring is 1.